The monoisotopic (exact) mass is 407 g/mol. The molecule has 2 heterocycles. The lowest BCUT2D eigenvalue weighted by molar-refractivity contribution is -0.125. The van der Waals surface area contributed by atoms with E-state index < -0.39 is 0 Å². The number of anilines is 1. The lowest BCUT2D eigenvalue weighted by Crippen LogP contribution is -2.39. The van der Waals surface area contributed by atoms with Crippen molar-refractivity contribution in [2.24, 2.45) is 0 Å². The van der Waals surface area contributed by atoms with Gasteiger partial charge < -0.3 is 15.0 Å². The second kappa shape index (κ2) is 9.76. The summed E-state index contributed by atoms with van der Waals surface area (Å²) in [6.07, 6.45) is 2.79. The number of carbonyl (C=O) groups excluding carboxylic acids is 2. The molecule has 6 nitrogen and oxygen atoms in total. The molecule has 1 unspecified atom stereocenters. The Morgan fingerprint density at radius 3 is 2.47 bits per heavy atom. The third kappa shape index (κ3) is 4.82. The number of hydrogen-bond donors (Lipinski definition) is 1. The maximum Gasteiger partial charge on any atom is 0.227 e. The van der Waals surface area contributed by atoms with Gasteiger partial charge in [-0.15, -0.1) is 0 Å². The standard InChI is InChI=1S/C24H29N3O3/c28-23(12-13-24(29)27-16-17-30-22-11-5-4-10-20(22)27)25-18-21(26-14-6-7-15-26)19-8-2-1-3-9-19/h1-5,8-11,21H,6-7,12-18H2,(H,25,28). The Morgan fingerprint density at radius 1 is 0.933 bits per heavy atom. The highest BCUT2D eigenvalue weighted by atomic mass is 16.5. The van der Waals surface area contributed by atoms with E-state index in [-0.39, 0.29) is 30.7 Å². The summed E-state index contributed by atoms with van der Waals surface area (Å²) in [5.74, 6) is 0.600. The van der Waals surface area contributed by atoms with Crippen molar-refractivity contribution in [3.8, 4) is 5.75 Å². The fourth-order valence-corrected chi connectivity index (χ4v) is 4.27. The number of fused-ring (bicyclic) bond motifs is 1. The van der Waals surface area contributed by atoms with Gasteiger partial charge in [-0.1, -0.05) is 42.5 Å². The van der Waals surface area contributed by atoms with Crippen molar-refractivity contribution in [2.45, 2.75) is 31.7 Å². The van der Waals surface area contributed by atoms with Crippen molar-refractivity contribution in [3.63, 3.8) is 0 Å². The Labute approximate surface area is 177 Å². The summed E-state index contributed by atoms with van der Waals surface area (Å²) in [5, 5.41) is 3.06. The van der Waals surface area contributed by atoms with Crippen LogP contribution in [0.5, 0.6) is 5.75 Å². The van der Waals surface area contributed by atoms with Crippen LogP contribution in [0.3, 0.4) is 0 Å². The molecule has 2 aliphatic rings. The largest absolute Gasteiger partial charge is 0.490 e. The molecule has 30 heavy (non-hydrogen) atoms. The smallest absolute Gasteiger partial charge is 0.227 e. The Hall–Kier alpha value is -2.86. The molecule has 0 aromatic heterocycles. The first kappa shape index (κ1) is 20.4. The number of carbonyl (C=O) groups is 2. The number of hydrogen-bond acceptors (Lipinski definition) is 4. The van der Waals surface area contributed by atoms with Gasteiger partial charge in [-0.05, 0) is 43.6 Å². The van der Waals surface area contributed by atoms with E-state index in [1.54, 1.807) is 4.90 Å². The molecule has 1 saturated heterocycles. The van der Waals surface area contributed by atoms with E-state index in [0.29, 0.717) is 19.7 Å². The fourth-order valence-electron chi connectivity index (χ4n) is 4.27. The Bertz CT molecular complexity index is 865. The minimum atomic E-state index is -0.0787. The first-order valence-electron chi connectivity index (χ1n) is 10.8. The fraction of sp³-hybridized carbons (Fsp3) is 0.417. The maximum atomic E-state index is 12.7. The van der Waals surface area contributed by atoms with Gasteiger partial charge in [-0.3, -0.25) is 14.5 Å². The molecule has 2 aromatic carbocycles. The lowest BCUT2D eigenvalue weighted by atomic mass is 10.1. The Morgan fingerprint density at radius 2 is 1.67 bits per heavy atom. The van der Waals surface area contributed by atoms with Gasteiger partial charge in [0.05, 0.1) is 18.3 Å². The first-order chi connectivity index (χ1) is 14.7. The SMILES string of the molecule is O=C(CCC(=O)N1CCOc2ccccc21)NCC(c1ccccc1)N1CCCC1. The molecule has 2 amide bonds. The van der Waals surface area contributed by atoms with Crippen molar-refractivity contribution in [1.29, 1.82) is 0 Å². The number of likely N-dealkylation sites (tertiary alicyclic amines) is 1. The van der Waals surface area contributed by atoms with Crippen LogP contribution in [0.4, 0.5) is 5.69 Å². The van der Waals surface area contributed by atoms with Crippen LogP contribution in [0.2, 0.25) is 0 Å². The quantitative estimate of drug-likeness (QED) is 0.766. The molecule has 2 aliphatic heterocycles. The zero-order valence-corrected chi connectivity index (χ0v) is 17.3. The minimum absolute atomic E-state index is 0.0416. The first-order valence-corrected chi connectivity index (χ1v) is 10.8. The third-order valence-corrected chi connectivity index (χ3v) is 5.85. The molecule has 0 aliphatic carbocycles. The summed E-state index contributed by atoms with van der Waals surface area (Å²) in [4.78, 5) is 29.4. The number of nitrogens with zero attached hydrogens (tertiary/aromatic N) is 2. The molecule has 0 radical (unpaired) electrons. The van der Waals surface area contributed by atoms with E-state index >= 15 is 0 Å². The van der Waals surface area contributed by atoms with Gasteiger partial charge in [0.15, 0.2) is 0 Å². The van der Waals surface area contributed by atoms with E-state index in [2.05, 4.69) is 22.3 Å². The molecule has 0 saturated carbocycles. The molecular formula is C24H29N3O3. The lowest BCUT2D eigenvalue weighted by Gasteiger charge is -2.29. The summed E-state index contributed by atoms with van der Waals surface area (Å²) in [6, 6.07) is 18.0. The van der Waals surface area contributed by atoms with Crippen molar-refractivity contribution in [1.82, 2.24) is 10.2 Å². The van der Waals surface area contributed by atoms with E-state index in [4.69, 9.17) is 4.74 Å². The maximum absolute atomic E-state index is 12.7. The van der Waals surface area contributed by atoms with Crippen molar-refractivity contribution >= 4 is 17.5 Å². The second-order valence-corrected chi connectivity index (χ2v) is 7.84. The van der Waals surface area contributed by atoms with E-state index in [9.17, 15) is 9.59 Å². The molecule has 1 atom stereocenters. The van der Waals surface area contributed by atoms with E-state index in [1.807, 2.05) is 42.5 Å². The van der Waals surface area contributed by atoms with Crippen LogP contribution in [-0.2, 0) is 9.59 Å². The van der Waals surface area contributed by atoms with E-state index in [1.165, 1.54) is 18.4 Å². The molecule has 0 bridgehead atoms. The van der Waals surface area contributed by atoms with Gasteiger partial charge in [0.2, 0.25) is 11.8 Å². The topological polar surface area (TPSA) is 61.9 Å². The molecule has 1 N–H and O–H groups in total. The number of nitrogens with one attached hydrogen (secondary N) is 1. The van der Waals surface area contributed by atoms with Gasteiger partial charge in [-0.2, -0.15) is 0 Å². The van der Waals surface area contributed by atoms with Crippen molar-refractivity contribution < 1.29 is 14.3 Å². The van der Waals surface area contributed by atoms with E-state index in [0.717, 1.165) is 24.5 Å². The molecule has 2 aromatic rings. The Balaban J connectivity index is 1.30. The predicted molar refractivity (Wildman–Crippen MR) is 117 cm³/mol. The van der Waals surface area contributed by atoms with Crippen LogP contribution in [-0.4, -0.2) is 49.5 Å². The van der Waals surface area contributed by atoms with Crippen LogP contribution >= 0.6 is 0 Å². The predicted octanol–water partition coefficient (Wildman–Crippen LogP) is 3.15. The van der Waals surface area contributed by atoms with Gasteiger partial charge >= 0.3 is 0 Å². The molecule has 4 rings (SSSR count). The highest BCUT2D eigenvalue weighted by Crippen LogP contribution is 2.31. The van der Waals surface area contributed by atoms with Crippen LogP contribution < -0.4 is 15.0 Å². The zero-order valence-electron chi connectivity index (χ0n) is 17.3. The molecule has 1 fully saturated rings. The molecule has 0 spiro atoms. The Kier molecular flexibility index (Phi) is 6.64. The number of rotatable bonds is 7. The molecular weight excluding hydrogens is 378 g/mol. The van der Waals surface area contributed by atoms with Gasteiger partial charge in [0.1, 0.15) is 12.4 Å². The van der Waals surface area contributed by atoms with Crippen LogP contribution in [0.1, 0.15) is 37.3 Å². The highest BCUT2D eigenvalue weighted by Gasteiger charge is 2.25. The summed E-state index contributed by atoms with van der Waals surface area (Å²) in [6.45, 7) is 3.68. The summed E-state index contributed by atoms with van der Waals surface area (Å²) >= 11 is 0. The number of ether oxygens (including phenoxy) is 1. The number of para-hydroxylation sites is 2. The van der Waals surface area contributed by atoms with Crippen LogP contribution in [0.15, 0.2) is 54.6 Å². The van der Waals surface area contributed by atoms with Crippen molar-refractivity contribution in [3.05, 3.63) is 60.2 Å². The zero-order chi connectivity index (χ0) is 20.8. The average molecular weight is 408 g/mol. The third-order valence-electron chi connectivity index (χ3n) is 5.85. The van der Waals surface area contributed by atoms with Crippen LogP contribution in [0.25, 0.3) is 0 Å². The summed E-state index contributed by atoms with van der Waals surface area (Å²) in [5.41, 5.74) is 2.01. The average Bonchev–Trinajstić information content (AvgIpc) is 3.32. The van der Waals surface area contributed by atoms with Gasteiger partial charge in [0, 0.05) is 19.4 Å². The van der Waals surface area contributed by atoms with Gasteiger partial charge in [0.25, 0.3) is 0 Å². The molecule has 158 valence electrons. The number of benzene rings is 2. The summed E-state index contributed by atoms with van der Waals surface area (Å²) in [7, 11) is 0. The second-order valence-electron chi connectivity index (χ2n) is 7.84. The van der Waals surface area contributed by atoms with Gasteiger partial charge in [-0.25, -0.2) is 0 Å². The normalized spacial score (nSPS) is 17.1. The summed E-state index contributed by atoms with van der Waals surface area (Å²) < 4.78 is 5.61. The highest BCUT2D eigenvalue weighted by molar-refractivity contribution is 5.97. The van der Waals surface area contributed by atoms with Crippen LogP contribution in [0, 0.1) is 0 Å². The minimum Gasteiger partial charge on any atom is -0.490 e. The number of amides is 2. The van der Waals surface area contributed by atoms with Crippen molar-refractivity contribution in [2.75, 3.05) is 37.7 Å². The molecule has 6 heteroatoms.